The number of hydrogen-bond acceptors (Lipinski definition) is 1. The molecule has 1 aliphatic rings. The number of ether oxygens (including phenoxy) is 1. The van der Waals surface area contributed by atoms with Gasteiger partial charge in [-0.3, -0.25) is 0 Å². The molecule has 1 saturated carbocycles. The maximum atomic E-state index is 12.6. The van der Waals surface area contributed by atoms with Crippen LogP contribution in [0.2, 0.25) is 0 Å². The van der Waals surface area contributed by atoms with Crippen LogP contribution in [0.15, 0.2) is 24.3 Å². The third kappa shape index (κ3) is 1.97. The molecule has 12 heavy (non-hydrogen) atoms. The monoisotopic (exact) mass is 166 g/mol. The zero-order chi connectivity index (χ0) is 8.39. The predicted octanol–water partition coefficient (Wildman–Crippen LogP) is 2.61. The molecule has 1 aliphatic carbocycles. The minimum Gasteiger partial charge on any atom is -0.493 e. The maximum absolute atomic E-state index is 12.6. The van der Waals surface area contributed by atoms with Crippen molar-refractivity contribution in [2.75, 3.05) is 6.61 Å². The van der Waals surface area contributed by atoms with Crippen LogP contribution in [0.25, 0.3) is 0 Å². The summed E-state index contributed by atoms with van der Waals surface area (Å²) in [6, 6.07) is 6.29. The average molecular weight is 166 g/mol. The lowest BCUT2D eigenvalue weighted by molar-refractivity contribution is 0.298. The van der Waals surface area contributed by atoms with Crippen LogP contribution in [-0.2, 0) is 0 Å². The van der Waals surface area contributed by atoms with Gasteiger partial charge in [0.2, 0.25) is 0 Å². The Hall–Kier alpha value is -1.05. The highest BCUT2D eigenvalue weighted by Crippen LogP contribution is 2.29. The number of rotatable bonds is 3. The summed E-state index contributed by atoms with van der Waals surface area (Å²) in [7, 11) is 0. The van der Waals surface area contributed by atoms with Crippen molar-refractivity contribution < 1.29 is 9.13 Å². The molecule has 0 unspecified atom stereocenters. The molecule has 1 nitrogen and oxygen atoms in total. The second-order valence-corrected chi connectivity index (χ2v) is 3.21. The van der Waals surface area contributed by atoms with Crippen molar-refractivity contribution in [1.82, 2.24) is 0 Å². The molecule has 0 aliphatic heterocycles. The first-order valence-electron chi connectivity index (χ1n) is 4.23. The summed E-state index contributed by atoms with van der Waals surface area (Å²) in [5, 5.41) is 0. The summed E-state index contributed by atoms with van der Waals surface area (Å²) in [6.07, 6.45) is 2.52. The normalized spacial score (nSPS) is 16.1. The first-order valence-corrected chi connectivity index (χ1v) is 4.23. The first-order chi connectivity index (χ1) is 5.84. The quantitative estimate of drug-likeness (QED) is 0.670. The van der Waals surface area contributed by atoms with Crippen molar-refractivity contribution in [3.05, 3.63) is 30.1 Å². The molecule has 0 N–H and O–H groups in total. The van der Waals surface area contributed by atoms with E-state index in [4.69, 9.17) is 4.74 Å². The van der Waals surface area contributed by atoms with Gasteiger partial charge in [0.1, 0.15) is 11.6 Å². The fraction of sp³-hybridized carbons (Fsp3) is 0.400. The van der Waals surface area contributed by atoms with Gasteiger partial charge in [-0.1, -0.05) is 6.07 Å². The van der Waals surface area contributed by atoms with E-state index < -0.39 is 0 Å². The lowest BCUT2D eigenvalue weighted by Gasteiger charge is -2.03. The van der Waals surface area contributed by atoms with Crippen molar-refractivity contribution in [3.8, 4) is 5.75 Å². The zero-order valence-corrected chi connectivity index (χ0v) is 6.79. The fourth-order valence-corrected chi connectivity index (χ4v) is 1.06. The molecule has 0 saturated heterocycles. The Morgan fingerprint density at radius 2 is 2.25 bits per heavy atom. The summed E-state index contributed by atoms with van der Waals surface area (Å²) in [5.41, 5.74) is 0. The Labute approximate surface area is 71.2 Å². The van der Waals surface area contributed by atoms with Crippen LogP contribution in [0.5, 0.6) is 5.75 Å². The van der Waals surface area contributed by atoms with Crippen LogP contribution < -0.4 is 4.74 Å². The Morgan fingerprint density at radius 1 is 1.42 bits per heavy atom. The maximum Gasteiger partial charge on any atom is 0.126 e. The molecule has 1 aromatic carbocycles. The van der Waals surface area contributed by atoms with E-state index in [2.05, 4.69) is 0 Å². The van der Waals surface area contributed by atoms with Gasteiger partial charge in [0, 0.05) is 6.07 Å². The minimum atomic E-state index is -0.233. The Balaban J connectivity index is 1.92. The van der Waals surface area contributed by atoms with E-state index in [9.17, 15) is 4.39 Å². The van der Waals surface area contributed by atoms with Crippen molar-refractivity contribution in [3.63, 3.8) is 0 Å². The standard InChI is InChI=1S/C10H11FO/c11-9-2-1-3-10(6-9)12-7-8-4-5-8/h1-3,6,8H,4-5,7H2. The van der Waals surface area contributed by atoms with Crippen molar-refractivity contribution in [2.45, 2.75) is 12.8 Å². The second-order valence-electron chi connectivity index (χ2n) is 3.21. The Bertz CT molecular complexity index is 268. The highest BCUT2D eigenvalue weighted by atomic mass is 19.1. The molecule has 0 heterocycles. The van der Waals surface area contributed by atoms with E-state index in [0.29, 0.717) is 11.7 Å². The molecular weight excluding hydrogens is 155 g/mol. The third-order valence-corrected chi connectivity index (χ3v) is 1.98. The van der Waals surface area contributed by atoms with Crippen LogP contribution in [0.4, 0.5) is 4.39 Å². The van der Waals surface area contributed by atoms with Gasteiger partial charge in [-0.2, -0.15) is 0 Å². The van der Waals surface area contributed by atoms with Gasteiger partial charge >= 0.3 is 0 Å². The molecule has 64 valence electrons. The van der Waals surface area contributed by atoms with Gasteiger partial charge < -0.3 is 4.74 Å². The molecule has 0 aromatic heterocycles. The van der Waals surface area contributed by atoms with E-state index in [1.165, 1.54) is 25.0 Å². The molecule has 1 aromatic rings. The van der Waals surface area contributed by atoms with Crippen molar-refractivity contribution in [2.24, 2.45) is 5.92 Å². The summed E-state index contributed by atoms with van der Waals surface area (Å²) < 4.78 is 18.0. The lowest BCUT2D eigenvalue weighted by Crippen LogP contribution is -1.98. The summed E-state index contributed by atoms with van der Waals surface area (Å²) in [5.74, 6) is 1.12. The molecule has 0 bridgehead atoms. The van der Waals surface area contributed by atoms with E-state index in [0.717, 1.165) is 6.61 Å². The van der Waals surface area contributed by atoms with Crippen LogP contribution in [0, 0.1) is 11.7 Å². The van der Waals surface area contributed by atoms with Gasteiger partial charge in [-0.05, 0) is 30.9 Å². The largest absolute Gasteiger partial charge is 0.493 e. The van der Waals surface area contributed by atoms with Crippen LogP contribution in [0.3, 0.4) is 0 Å². The Morgan fingerprint density at radius 3 is 2.92 bits per heavy atom. The third-order valence-electron chi connectivity index (χ3n) is 1.98. The lowest BCUT2D eigenvalue weighted by atomic mass is 10.3. The summed E-state index contributed by atoms with van der Waals surface area (Å²) in [4.78, 5) is 0. The van der Waals surface area contributed by atoms with Gasteiger partial charge in [-0.15, -0.1) is 0 Å². The number of halogens is 1. The summed E-state index contributed by atoms with van der Waals surface area (Å²) >= 11 is 0. The van der Waals surface area contributed by atoms with E-state index >= 15 is 0 Å². The van der Waals surface area contributed by atoms with E-state index in [1.54, 1.807) is 12.1 Å². The fourth-order valence-electron chi connectivity index (χ4n) is 1.06. The predicted molar refractivity (Wildman–Crippen MR) is 44.6 cm³/mol. The SMILES string of the molecule is Fc1cccc(OCC2CC2)c1. The second kappa shape index (κ2) is 3.13. The first kappa shape index (κ1) is 7.59. The average Bonchev–Trinajstić information content (AvgIpc) is 2.84. The molecule has 2 heteroatoms. The molecule has 2 rings (SSSR count). The van der Waals surface area contributed by atoms with E-state index in [1.807, 2.05) is 0 Å². The zero-order valence-electron chi connectivity index (χ0n) is 6.79. The molecular formula is C10H11FO. The molecule has 0 spiro atoms. The molecule has 0 atom stereocenters. The van der Waals surface area contributed by atoms with E-state index in [-0.39, 0.29) is 5.82 Å². The molecule has 0 amide bonds. The number of hydrogen-bond donors (Lipinski definition) is 0. The highest BCUT2D eigenvalue weighted by Gasteiger charge is 2.21. The van der Waals surface area contributed by atoms with Gasteiger partial charge in [0.05, 0.1) is 6.61 Å². The Kier molecular flexibility index (Phi) is 1.98. The van der Waals surface area contributed by atoms with Crippen LogP contribution >= 0.6 is 0 Å². The number of benzene rings is 1. The van der Waals surface area contributed by atoms with Crippen molar-refractivity contribution >= 4 is 0 Å². The highest BCUT2D eigenvalue weighted by molar-refractivity contribution is 5.22. The van der Waals surface area contributed by atoms with Gasteiger partial charge in [-0.25, -0.2) is 4.39 Å². The van der Waals surface area contributed by atoms with Gasteiger partial charge in [0.25, 0.3) is 0 Å². The minimum absolute atomic E-state index is 0.233. The van der Waals surface area contributed by atoms with Gasteiger partial charge in [0.15, 0.2) is 0 Å². The van der Waals surface area contributed by atoms with Crippen LogP contribution in [0.1, 0.15) is 12.8 Å². The van der Waals surface area contributed by atoms with Crippen LogP contribution in [-0.4, -0.2) is 6.61 Å². The smallest absolute Gasteiger partial charge is 0.126 e. The summed E-state index contributed by atoms with van der Waals surface area (Å²) in [6.45, 7) is 0.740. The molecule has 0 radical (unpaired) electrons. The topological polar surface area (TPSA) is 9.23 Å². The van der Waals surface area contributed by atoms with Crippen molar-refractivity contribution in [1.29, 1.82) is 0 Å². The molecule has 1 fully saturated rings.